The Morgan fingerprint density at radius 1 is 1.09 bits per heavy atom. The molecule has 1 aliphatic heterocycles. The molecule has 1 amide bonds. The van der Waals surface area contributed by atoms with E-state index in [0.29, 0.717) is 34.4 Å². The van der Waals surface area contributed by atoms with E-state index in [9.17, 15) is 14.7 Å². The molecular formula is C26H28N4O4. The zero-order chi connectivity index (χ0) is 24.0. The standard InChI is InChI=1S/C26H28N4O4/c1-30(18-24(31)29-23-14-15-27-19-28-23)16-8-13-22(17-30)34-25(32)26(33,20-9-4-2-5-10-20)21-11-6-3-7-12-21/h2-7,9-12,14-15,19,22H,8,13,16-18H2,1H3,(H,27,28,29,31)/t22?,30-/m1/s1. The van der Waals surface area contributed by atoms with Crippen LogP contribution in [0.3, 0.4) is 0 Å². The van der Waals surface area contributed by atoms with Gasteiger partial charge in [-0.25, -0.2) is 9.97 Å². The summed E-state index contributed by atoms with van der Waals surface area (Å²) in [5.74, 6) is -0.567. The van der Waals surface area contributed by atoms with Gasteiger partial charge in [0, 0.05) is 18.2 Å². The molecule has 1 aromatic heterocycles. The van der Waals surface area contributed by atoms with Crippen LogP contribution in [0.2, 0.25) is 0 Å². The number of likely N-dealkylation sites (tertiary alicyclic amines) is 1. The number of rotatable bonds is 7. The van der Waals surface area contributed by atoms with Gasteiger partial charge in [-0.2, -0.15) is 0 Å². The summed E-state index contributed by atoms with van der Waals surface area (Å²) in [6, 6.07) is 18.8. The van der Waals surface area contributed by atoms with Gasteiger partial charge in [0.15, 0.2) is 12.6 Å². The molecule has 2 heterocycles. The molecule has 1 aliphatic rings. The van der Waals surface area contributed by atoms with E-state index in [1.165, 1.54) is 6.33 Å². The summed E-state index contributed by atoms with van der Waals surface area (Å²) in [6.45, 7) is 1.42. The number of nitrogens with one attached hydrogen (secondary N) is 1. The Kier molecular flexibility index (Phi) is 7.00. The number of hydrogen-bond donors (Lipinski definition) is 1. The molecule has 1 fully saturated rings. The third kappa shape index (κ3) is 5.30. The van der Waals surface area contributed by atoms with E-state index in [4.69, 9.17) is 4.74 Å². The van der Waals surface area contributed by atoms with Gasteiger partial charge in [-0.05, 0) is 23.6 Å². The van der Waals surface area contributed by atoms with Gasteiger partial charge in [-0.3, -0.25) is 9.59 Å². The number of anilines is 1. The predicted molar refractivity (Wildman–Crippen MR) is 124 cm³/mol. The van der Waals surface area contributed by atoms with Crippen LogP contribution in [0.15, 0.2) is 79.3 Å². The Hall–Kier alpha value is -3.62. The molecule has 3 aromatic rings. The number of nitrogens with zero attached hydrogens (tertiary/aromatic N) is 3. The van der Waals surface area contributed by atoms with Crippen LogP contribution >= 0.6 is 0 Å². The van der Waals surface area contributed by atoms with E-state index in [2.05, 4.69) is 15.3 Å². The molecule has 4 rings (SSSR count). The Morgan fingerprint density at radius 3 is 2.32 bits per heavy atom. The monoisotopic (exact) mass is 460 g/mol. The van der Waals surface area contributed by atoms with Crippen molar-refractivity contribution in [2.75, 3.05) is 32.0 Å². The highest BCUT2D eigenvalue weighted by Crippen LogP contribution is 2.30. The van der Waals surface area contributed by atoms with Gasteiger partial charge in [-0.15, -0.1) is 0 Å². The first-order chi connectivity index (χ1) is 16.4. The molecule has 34 heavy (non-hydrogen) atoms. The number of carbonyl (C=O) groups is 2. The number of likely N-dealkylation sites (N-methyl/N-ethyl adjacent to an activating group) is 1. The van der Waals surface area contributed by atoms with E-state index < -0.39 is 17.7 Å². The van der Waals surface area contributed by atoms with Gasteiger partial charge in [0.1, 0.15) is 18.7 Å². The second-order valence-electron chi connectivity index (χ2n) is 8.91. The lowest BCUT2D eigenvalue weighted by Gasteiger charge is -2.43. The molecule has 1 saturated heterocycles. The van der Waals surface area contributed by atoms with Crippen molar-refractivity contribution >= 4 is 17.7 Å². The van der Waals surface area contributed by atoms with Crippen molar-refractivity contribution in [1.29, 1.82) is 0 Å². The van der Waals surface area contributed by atoms with Crippen LogP contribution in [-0.4, -0.2) is 59.1 Å². The molecule has 1 unspecified atom stereocenters. The van der Waals surface area contributed by atoms with Crippen LogP contribution in [0, 0.1) is 0 Å². The number of carbonyl (C=O) groups excluding carboxylic acids is 2. The average Bonchev–Trinajstić information content (AvgIpc) is 2.85. The smallest absolute Gasteiger partial charge is 0.304 e. The first-order valence-electron chi connectivity index (χ1n) is 11.3. The Bertz CT molecular complexity index is 1070. The molecule has 0 aliphatic carbocycles. The summed E-state index contributed by atoms with van der Waals surface area (Å²) < 4.78 is 6.24. The fraction of sp³-hybridized carbons (Fsp3) is 0.308. The van der Waals surface area contributed by atoms with Gasteiger partial charge in [0.25, 0.3) is 5.91 Å². The highest BCUT2D eigenvalue weighted by Gasteiger charge is 2.38. The van der Waals surface area contributed by atoms with Crippen molar-refractivity contribution in [1.82, 2.24) is 9.97 Å². The summed E-state index contributed by atoms with van der Waals surface area (Å²) in [6.07, 6.45) is 3.89. The zero-order valence-corrected chi connectivity index (χ0v) is 19.1. The zero-order valence-electron chi connectivity index (χ0n) is 19.1. The number of amides is 1. The maximum atomic E-state index is 14.1. The van der Waals surface area contributed by atoms with Crippen LogP contribution in [0.1, 0.15) is 24.0 Å². The van der Waals surface area contributed by atoms with Crippen molar-refractivity contribution in [3.63, 3.8) is 0 Å². The third-order valence-electron chi connectivity index (χ3n) is 6.17. The van der Waals surface area contributed by atoms with Crippen LogP contribution in [0.25, 0.3) is 0 Å². The molecule has 2 atom stereocenters. The molecule has 0 spiro atoms. The minimum atomic E-state index is -2.17. The maximum Gasteiger partial charge on any atom is 0.304 e. The van der Waals surface area contributed by atoms with Gasteiger partial charge < -0.3 is 19.6 Å². The number of piperidine rings is 1. The van der Waals surface area contributed by atoms with Crippen molar-refractivity contribution in [3.8, 4) is 0 Å². The molecule has 0 bridgehead atoms. The topological polar surface area (TPSA) is 104 Å². The van der Waals surface area contributed by atoms with Crippen molar-refractivity contribution in [2.24, 2.45) is 0 Å². The Labute approximate surface area is 198 Å². The van der Waals surface area contributed by atoms with E-state index in [0.717, 1.165) is 13.0 Å². The Balaban J connectivity index is 1.47. The predicted octanol–water partition coefficient (Wildman–Crippen LogP) is 1.87. The largest absolute Gasteiger partial charge is 0.834 e. The van der Waals surface area contributed by atoms with Gasteiger partial charge >= 0.3 is 5.97 Å². The minimum absolute atomic E-state index is 0.181. The van der Waals surface area contributed by atoms with Crippen LogP contribution in [0.5, 0.6) is 0 Å². The van der Waals surface area contributed by atoms with E-state index in [1.54, 1.807) is 72.9 Å². The first-order valence-corrected chi connectivity index (χ1v) is 11.3. The third-order valence-corrected chi connectivity index (χ3v) is 6.17. The highest BCUT2D eigenvalue weighted by atomic mass is 16.6. The van der Waals surface area contributed by atoms with Crippen LogP contribution in [0.4, 0.5) is 5.82 Å². The number of benzene rings is 2. The normalized spacial score (nSPS) is 20.4. The molecule has 1 N–H and O–H groups in total. The summed E-state index contributed by atoms with van der Waals surface area (Å²) in [5.41, 5.74) is -1.50. The lowest BCUT2D eigenvalue weighted by Crippen LogP contribution is -2.58. The van der Waals surface area contributed by atoms with Crippen molar-refractivity contribution in [3.05, 3.63) is 90.4 Å². The first kappa shape index (κ1) is 23.5. The molecule has 2 aromatic carbocycles. The SMILES string of the molecule is C[N@@+]1(CC(=O)Nc2ccncn2)CCCC(OC(=O)C([O-])(c2ccccc2)c2ccccc2)C1. The summed E-state index contributed by atoms with van der Waals surface area (Å²) >= 11 is 0. The fourth-order valence-corrected chi connectivity index (χ4v) is 4.49. The molecule has 8 heteroatoms. The van der Waals surface area contributed by atoms with Crippen LogP contribution in [-0.2, 0) is 19.9 Å². The average molecular weight is 461 g/mol. The van der Waals surface area contributed by atoms with E-state index >= 15 is 0 Å². The van der Waals surface area contributed by atoms with Gasteiger partial charge in [-0.1, -0.05) is 60.7 Å². The quantitative estimate of drug-likeness (QED) is 0.426. The second kappa shape index (κ2) is 10.1. The van der Waals surface area contributed by atoms with Gasteiger partial charge in [0.2, 0.25) is 0 Å². The number of ether oxygens (including phenoxy) is 1. The molecule has 8 nitrogen and oxygen atoms in total. The fourth-order valence-electron chi connectivity index (χ4n) is 4.49. The maximum absolute atomic E-state index is 14.1. The lowest BCUT2D eigenvalue weighted by atomic mass is 9.86. The van der Waals surface area contributed by atoms with Crippen LogP contribution < -0.4 is 10.4 Å². The van der Waals surface area contributed by atoms with Gasteiger partial charge in [0.05, 0.1) is 13.6 Å². The molecular weight excluding hydrogens is 432 g/mol. The summed E-state index contributed by atoms with van der Waals surface area (Å²) in [5, 5.41) is 16.8. The lowest BCUT2D eigenvalue weighted by molar-refractivity contribution is -0.909. The molecule has 0 saturated carbocycles. The second-order valence-corrected chi connectivity index (χ2v) is 8.91. The summed E-state index contributed by atoms with van der Waals surface area (Å²) in [7, 11) is 1.96. The number of quaternary nitrogens is 1. The van der Waals surface area contributed by atoms with Crippen molar-refractivity contribution in [2.45, 2.75) is 24.5 Å². The molecule has 0 radical (unpaired) electrons. The van der Waals surface area contributed by atoms with E-state index in [-0.39, 0.29) is 12.5 Å². The number of aromatic nitrogens is 2. The number of hydrogen-bond acceptors (Lipinski definition) is 6. The van der Waals surface area contributed by atoms with E-state index in [1.807, 2.05) is 7.05 Å². The molecule has 176 valence electrons. The highest BCUT2D eigenvalue weighted by molar-refractivity contribution is 5.90. The Morgan fingerprint density at radius 2 is 1.74 bits per heavy atom. The number of esters is 1. The summed E-state index contributed by atoms with van der Waals surface area (Å²) in [4.78, 5) is 33.8. The van der Waals surface area contributed by atoms with Crippen molar-refractivity contribution < 1.29 is 23.9 Å². The minimum Gasteiger partial charge on any atom is -0.834 e.